The first-order valence-electron chi connectivity index (χ1n) is 4.27. The Morgan fingerprint density at radius 1 is 1.38 bits per heavy atom. The lowest BCUT2D eigenvalue weighted by molar-refractivity contribution is -0.138. The Balaban J connectivity index is 2.49. The van der Waals surface area contributed by atoms with Crippen molar-refractivity contribution in [2.45, 2.75) is 12.3 Å². The van der Waals surface area contributed by atoms with Gasteiger partial charge in [-0.2, -0.15) is 0 Å². The summed E-state index contributed by atoms with van der Waals surface area (Å²) in [6, 6.07) is 7.64. The largest absolute Gasteiger partial charge is 0.481 e. The molecule has 1 aromatic carbocycles. The van der Waals surface area contributed by atoms with E-state index in [2.05, 4.69) is 0 Å². The van der Waals surface area contributed by atoms with E-state index < -0.39 is 5.97 Å². The third-order valence-corrected chi connectivity index (χ3v) is 2.34. The van der Waals surface area contributed by atoms with Gasteiger partial charge in [0.25, 0.3) is 0 Å². The van der Waals surface area contributed by atoms with Crippen LogP contribution < -0.4 is 0 Å². The summed E-state index contributed by atoms with van der Waals surface area (Å²) in [4.78, 5) is 10.9. The number of hydrogen-bond donors (Lipinski definition) is 1. The van der Waals surface area contributed by atoms with Crippen LogP contribution in [0.15, 0.2) is 30.3 Å². The summed E-state index contributed by atoms with van der Waals surface area (Å²) < 4.78 is 0. The average molecular weight is 174 g/mol. The minimum atomic E-state index is -0.739. The lowest BCUT2D eigenvalue weighted by Gasteiger charge is -2.17. The van der Waals surface area contributed by atoms with Gasteiger partial charge in [0.15, 0.2) is 0 Å². The lowest BCUT2D eigenvalue weighted by Crippen LogP contribution is -2.13. The van der Waals surface area contributed by atoms with Crippen molar-refractivity contribution in [1.29, 1.82) is 0 Å². The summed E-state index contributed by atoms with van der Waals surface area (Å²) in [6.07, 6.45) is 4.50. The van der Waals surface area contributed by atoms with Crippen LogP contribution in [0.2, 0.25) is 0 Å². The van der Waals surface area contributed by atoms with Gasteiger partial charge in [-0.15, -0.1) is 0 Å². The predicted molar refractivity (Wildman–Crippen MR) is 50.5 cm³/mol. The monoisotopic (exact) mass is 174 g/mol. The molecule has 0 radical (unpaired) electrons. The molecule has 1 aliphatic rings. The summed E-state index contributed by atoms with van der Waals surface area (Å²) in [5.74, 6) is -1.10. The van der Waals surface area contributed by atoms with Gasteiger partial charge in [-0.1, -0.05) is 36.4 Å². The maximum atomic E-state index is 10.9. The number of allylic oxidation sites excluding steroid dienone is 1. The van der Waals surface area contributed by atoms with Gasteiger partial charge in [-0.3, -0.25) is 4.79 Å². The fraction of sp³-hybridized carbons (Fsp3) is 0.182. The molecule has 2 nitrogen and oxygen atoms in total. The number of benzene rings is 1. The minimum Gasteiger partial charge on any atom is -0.481 e. The van der Waals surface area contributed by atoms with Gasteiger partial charge in [-0.05, 0) is 17.5 Å². The number of carboxylic acid groups (broad SMARTS) is 1. The first-order valence-corrected chi connectivity index (χ1v) is 4.27. The molecule has 13 heavy (non-hydrogen) atoms. The summed E-state index contributed by atoms with van der Waals surface area (Å²) in [7, 11) is 0. The van der Waals surface area contributed by atoms with E-state index in [1.807, 2.05) is 36.4 Å². The Labute approximate surface area is 76.5 Å². The van der Waals surface area contributed by atoms with Crippen LogP contribution in [0.1, 0.15) is 23.5 Å². The highest BCUT2D eigenvalue weighted by Crippen LogP contribution is 2.29. The topological polar surface area (TPSA) is 37.3 Å². The SMILES string of the molecule is O=C(O)C1CC=Cc2ccccc21. The van der Waals surface area contributed by atoms with Gasteiger partial charge < -0.3 is 5.11 Å². The van der Waals surface area contributed by atoms with Crippen molar-refractivity contribution >= 4 is 12.0 Å². The number of carboxylic acids is 1. The van der Waals surface area contributed by atoms with Gasteiger partial charge in [0, 0.05) is 0 Å². The number of fused-ring (bicyclic) bond motifs is 1. The van der Waals surface area contributed by atoms with Gasteiger partial charge in [0.1, 0.15) is 0 Å². The quantitative estimate of drug-likeness (QED) is 0.709. The van der Waals surface area contributed by atoms with Gasteiger partial charge in [0.2, 0.25) is 0 Å². The van der Waals surface area contributed by atoms with Crippen LogP contribution in [-0.4, -0.2) is 11.1 Å². The zero-order valence-corrected chi connectivity index (χ0v) is 7.10. The van der Waals surface area contributed by atoms with E-state index in [0.717, 1.165) is 11.1 Å². The molecule has 0 bridgehead atoms. The van der Waals surface area contributed by atoms with Crippen molar-refractivity contribution in [3.8, 4) is 0 Å². The molecule has 66 valence electrons. The van der Waals surface area contributed by atoms with Crippen LogP contribution in [0.5, 0.6) is 0 Å². The highest BCUT2D eigenvalue weighted by molar-refractivity contribution is 5.80. The van der Waals surface area contributed by atoms with Crippen LogP contribution in [0.3, 0.4) is 0 Å². The van der Waals surface area contributed by atoms with Gasteiger partial charge >= 0.3 is 5.97 Å². The van der Waals surface area contributed by atoms with E-state index in [1.165, 1.54) is 0 Å². The fourth-order valence-electron chi connectivity index (χ4n) is 1.67. The maximum Gasteiger partial charge on any atom is 0.311 e. The van der Waals surface area contributed by atoms with Crippen molar-refractivity contribution < 1.29 is 9.90 Å². The third-order valence-electron chi connectivity index (χ3n) is 2.34. The molecular formula is C11H10O2. The highest BCUT2D eigenvalue weighted by atomic mass is 16.4. The van der Waals surface area contributed by atoms with E-state index in [4.69, 9.17) is 5.11 Å². The zero-order chi connectivity index (χ0) is 9.26. The number of rotatable bonds is 1. The molecule has 0 fully saturated rings. The van der Waals surface area contributed by atoms with Crippen LogP contribution in [-0.2, 0) is 4.79 Å². The molecule has 2 rings (SSSR count). The molecule has 0 amide bonds. The zero-order valence-electron chi connectivity index (χ0n) is 7.10. The Hall–Kier alpha value is -1.57. The summed E-state index contributed by atoms with van der Waals surface area (Å²) in [5.41, 5.74) is 1.96. The molecule has 1 aromatic rings. The second-order valence-electron chi connectivity index (χ2n) is 3.16. The van der Waals surface area contributed by atoms with Crippen molar-refractivity contribution in [2.24, 2.45) is 0 Å². The smallest absolute Gasteiger partial charge is 0.311 e. The molecule has 0 spiro atoms. The second kappa shape index (κ2) is 3.05. The lowest BCUT2D eigenvalue weighted by atomic mass is 9.87. The molecule has 1 atom stereocenters. The fourth-order valence-corrected chi connectivity index (χ4v) is 1.67. The minimum absolute atomic E-state index is 0.360. The Morgan fingerprint density at radius 2 is 2.15 bits per heavy atom. The van der Waals surface area contributed by atoms with Crippen molar-refractivity contribution in [3.63, 3.8) is 0 Å². The Kier molecular flexibility index (Phi) is 1.89. The number of carbonyl (C=O) groups is 1. The molecule has 1 unspecified atom stereocenters. The van der Waals surface area contributed by atoms with Crippen molar-refractivity contribution in [1.82, 2.24) is 0 Å². The van der Waals surface area contributed by atoms with E-state index in [1.54, 1.807) is 0 Å². The first-order chi connectivity index (χ1) is 6.29. The molecule has 0 saturated heterocycles. The molecule has 1 N–H and O–H groups in total. The molecule has 0 heterocycles. The average Bonchev–Trinajstić information content (AvgIpc) is 2.17. The highest BCUT2D eigenvalue weighted by Gasteiger charge is 2.22. The summed E-state index contributed by atoms with van der Waals surface area (Å²) in [6.45, 7) is 0. The standard InChI is InChI=1S/C11H10O2/c12-11(13)10-7-3-5-8-4-1-2-6-9(8)10/h1-6,10H,7H2,(H,12,13). The second-order valence-corrected chi connectivity index (χ2v) is 3.16. The molecule has 0 aromatic heterocycles. The third kappa shape index (κ3) is 1.35. The van der Waals surface area contributed by atoms with Gasteiger partial charge in [0.05, 0.1) is 5.92 Å². The van der Waals surface area contributed by atoms with Crippen LogP contribution in [0.4, 0.5) is 0 Å². The van der Waals surface area contributed by atoms with Gasteiger partial charge in [-0.25, -0.2) is 0 Å². The summed E-state index contributed by atoms with van der Waals surface area (Å²) >= 11 is 0. The Bertz CT molecular complexity index is 366. The predicted octanol–water partition coefficient (Wildman–Crippen LogP) is 2.27. The molecule has 2 heteroatoms. The van der Waals surface area contributed by atoms with Crippen LogP contribution in [0.25, 0.3) is 6.08 Å². The molecular weight excluding hydrogens is 164 g/mol. The number of aliphatic carboxylic acids is 1. The van der Waals surface area contributed by atoms with E-state index in [-0.39, 0.29) is 5.92 Å². The van der Waals surface area contributed by atoms with Crippen molar-refractivity contribution in [3.05, 3.63) is 41.5 Å². The first kappa shape index (κ1) is 8.05. The van der Waals surface area contributed by atoms with E-state index >= 15 is 0 Å². The molecule has 0 aliphatic heterocycles. The maximum absolute atomic E-state index is 10.9. The van der Waals surface area contributed by atoms with Crippen molar-refractivity contribution in [2.75, 3.05) is 0 Å². The summed E-state index contributed by atoms with van der Waals surface area (Å²) in [5, 5.41) is 8.95. The number of hydrogen-bond acceptors (Lipinski definition) is 1. The normalized spacial score (nSPS) is 19.5. The van der Waals surface area contributed by atoms with E-state index in [9.17, 15) is 4.79 Å². The molecule has 1 aliphatic carbocycles. The van der Waals surface area contributed by atoms with Crippen LogP contribution >= 0.6 is 0 Å². The Morgan fingerprint density at radius 3 is 2.92 bits per heavy atom. The van der Waals surface area contributed by atoms with E-state index in [0.29, 0.717) is 6.42 Å². The van der Waals surface area contributed by atoms with Crippen LogP contribution in [0, 0.1) is 0 Å². The molecule has 0 saturated carbocycles.